The van der Waals surface area contributed by atoms with Gasteiger partial charge < -0.3 is 10.1 Å². The Balaban J connectivity index is 2.38. The van der Waals surface area contributed by atoms with Crippen LogP contribution in [0.3, 0.4) is 0 Å². The number of rotatable bonds is 3. The molecule has 0 radical (unpaired) electrons. The number of methoxy groups -OCH3 is 1. The number of nitrogens with zero attached hydrogens (tertiary/aromatic N) is 1. The van der Waals surface area contributed by atoms with Crippen molar-refractivity contribution < 1.29 is 18.3 Å². The number of carbonyl (C=O) groups excluding carboxylic acids is 1. The van der Waals surface area contributed by atoms with Gasteiger partial charge in [-0.3, -0.25) is 4.79 Å². The van der Waals surface area contributed by atoms with Crippen LogP contribution in [0.2, 0.25) is 0 Å². The fourth-order valence-electron chi connectivity index (χ4n) is 1.80. The summed E-state index contributed by atoms with van der Waals surface area (Å²) in [6, 6.07) is 9.03. The van der Waals surface area contributed by atoms with E-state index < -0.39 is 17.5 Å². The molecule has 0 heterocycles. The number of amides is 1. The lowest BCUT2D eigenvalue weighted by Gasteiger charge is -2.11. The minimum atomic E-state index is -0.784. The maximum atomic E-state index is 13.8. The second-order valence-corrected chi connectivity index (χ2v) is 4.07. The van der Waals surface area contributed by atoms with Crippen LogP contribution in [0.25, 0.3) is 0 Å². The second-order valence-electron chi connectivity index (χ2n) is 4.07. The number of hydrogen-bond donors (Lipinski definition) is 1. The highest BCUT2D eigenvalue weighted by molar-refractivity contribution is 6.07. The average molecular weight is 288 g/mol. The van der Waals surface area contributed by atoms with Gasteiger partial charge >= 0.3 is 0 Å². The topological polar surface area (TPSA) is 62.1 Å². The number of nitriles is 1. The van der Waals surface area contributed by atoms with Crippen LogP contribution in [0.4, 0.5) is 14.5 Å². The van der Waals surface area contributed by atoms with Gasteiger partial charge in [0, 0.05) is 0 Å². The fraction of sp³-hybridized carbons (Fsp3) is 0.0667. The Bertz CT molecular complexity index is 739. The molecule has 0 spiro atoms. The number of halogens is 2. The van der Waals surface area contributed by atoms with Gasteiger partial charge in [0.1, 0.15) is 29.0 Å². The van der Waals surface area contributed by atoms with Crippen LogP contribution in [0.5, 0.6) is 5.75 Å². The molecule has 21 heavy (non-hydrogen) atoms. The molecule has 0 unspecified atom stereocenters. The first kappa shape index (κ1) is 14.5. The van der Waals surface area contributed by atoms with Crippen molar-refractivity contribution in [3.8, 4) is 11.8 Å². The molecular formula is C15H10F2N2O2. The van der Waals surface area contributed by atoms with Gasteiger partial charge in [-0.1, -0.05) is 6.07 Å². The lowest BCUT2D eigenvalue weighted by molar-refractivity contribution is 0.102. The molecule has 4 nitrogen and oxygen atoms in total. The summed E-state index contributed by atoms with van der Waals surface area (Å²) < 4.78 is 31.7. The van der Waals surface area contributed by atoms with E-state index in [0.717, 1.165) is 18.2 Å². The Labute approximate surface area is 119 Å². The molecule has 0 aliphatic heterocycles. The summed E-state index contributed by atoms with van der Waals surface area (Å²) in [5, 5.41) is 11.3. The van der Waals surface area contributed by atoms with Crippen LogP contribution in [0.1, 0.15) is 15.9 Å². The van der Waals surface area contributed by atoms with Crippen molar-refractivity contribution in [2.75, 3.05) is 12.4 Å². The zero-order valence-corrected chi connectivity index (χ0v) is 11.0. The van der Waals surface area contributed by atoms with Gasteiger partial charge in [0.2, 0.25) is 0 Å². The van der Waals surface area contributed by atoms with Crippen LogP contribution < -0.4 is 10.1 Å². The van der Waals surface area contributed by atoms with Gasteiger partial charge in [0.05, 0.1) is 18.4 Å². The number of anilines is 1. The summed E-state index contributed by atoms with van der Waals surface area (Å²) in [5.41, 5.74) is -0.249. The summed E-state index contributed by atoms with van der Waals surface area (Å²) in [6.45, 7) is 0. The molecule has 2 aromatic carbocycles. The molecule has 106 valence electrons. The van der Waals surface area contributed by atoms with Crippen molar-refractivity contribution in [2.24, 2.45) is 0 Å². The van der Waals surface area contributed by atoms with Crippen molar-refractivity contribution in [2.45, 2.75) is 0 Å². The molecule has 6 heteroatoms. The van der Waals surface area contributed by atoms with E-state index in [0.29, 0.717) is 0 Å². The lowest BCUT2D eigenvalue weighted by atomic mass is 10.1. The van der Waals surface area contributed by atoms with Gasteiger partial charge in [0.25, 0.3) is 5.91 Å². The van der Waals surface area contributed by atoms with Crippen LogP contribution >= 0.6 is 0 Å². The average Bonchev–Trinajstić information content (AvgIpc) is 2.48. The van der Waals surface area contributed by atoms with E-state index >= 15 is 0 Å². The molecular weight excluding hydrogens is 278 g/mol. The largest absolute Gasteiger partial charge is 0.496 e. The zero-order chi connectivity index (χ0) is 15.4. The number of benzene rings is 2. The molecule has 1 amide bonds. The fourth-order valence-corrected chi connectivity index (χ4v) is 1.80. The maximum Gasteiger partial charge on any atom is 0.262 e. The molecule has 0 aliphatic carbocycles. The smallest absolute Gasteiger partial charge is 0.262 e. The Hall–Kier alpha value is -2.94. The lowest BCUT2D eigenvalue weighted by Crippen LogP contribution is -2.16. The van der Waals surface area contributed by atoms with Gasteiger partial charge in [-0.15, -0.1) is 0 Å². The first-order chi connectivity index (χ1) is 10.1. The van der Waals surface area contributed by atoms with Gasteiger partial charge in [-0.2, -0.15) is 5.26 Å². The van der Waals surface area contributed by atoms with Crippen LogP contribution in [-0.2, 0) is 0 Å². The van der Waals surface area contributed by atoms with E-state index in [1.54, 1.807) is 6.07 Å². The van der Waals surface area contributed by atoms with Crippen molar-refractivity contribution in [1.82, 2.24) is 0 Å². The quantitative estimate of drug-likeness (QED) is 0.944. The van der Waals surface area contributed by atoms with Gasteiger partial charge in [-0.05, 0) is 30.3 Å². The normalized spacial score (nSPS) is 9.81. The van der Waals surface area contributed by atoms with E-state index in [-0.39, 0.29) is 22.6 Å². The summed E-state index contributed by atoms with van der Waals surface area (Å²) in [5.74, 6) is -2.08. The van der Waals surface area contributed by atoms with E-state index in [4.69, 9.17) is 10.00 Å². The van der Waals surface area contributed by atoms with Gasteiger partial charge in [-0.25, -0.2) is 8.78 Å². The Morgan fingerprint density at radius 3 is 2.71 bits per heavy atom. The SMILES string of the molecule is COc1cccc(F)c1C(=O)Nc1ccc(F)cc1C#N. The molecule has 0 aromatic heterocycles. The van der Waals surface area contributed by atoms with E-state index in [9.17, 15) is 13.6 Å². The third-order valence-corrected chi connectivity index (χ3v) is 2.77. The van der Waals surface area contributed by atoms with Crippen LogP contribution in [0.15, 0.2) is 36.4 Å². The minimum Gasteiger partial charge on any atom is -0.496 e. The molecule has 1 N–H and O–H groups in total. The highest BCUT2D eigenvalue weighted by Gasteiger charge is 2.18. The van der Waals surface area contributed by atoms with Gasteiger partial charge in [0.15, 0.2) is 0 Å². The Morgan fingerprint density at radius 1 is 1.29 bits per heavy atom. The number of hydrogen-bond acceptors (Lipinski definition) is 3. The Kier molecular flexibility index (Phi) is 4.14. The first-order valence-electron chi connectivity index (χ1n) is 5.90. The van der Waals surface area contributed by atoms with Crippen molar-refractivity contribution in [1.29, 1.82) is 5.26 Å². The number of nitrogens with one attached hydrogen (secondary N) is 1. The summed E-state index contributed by atoms with van der Waals surface area (Å²) in [6.07, 6.45) is 0. The number of carbonyl (C=O) groups is 1. The highest BCUT2D eigenvalue weighted by atomic mass is 19.1. The highest BCUT2D eigenvalue weighted by Crippen LogP contribution is 2.23. The predicted molar refractivity (Wildman–Crippen MR) is 72.0 cm³/mol. The molecule has 2 rings (SSSR count). The Morgan fingerprint density at radius 2 is 2.05 bits per heavy atom. The zero-order valence-electron chi connectivity index (χ0n) is 11.0. The molecule has 2 aromatic rings. The van der Waals surface area contributed by atoms with Crippen molar-refractivity contribution >= 4 is 11.6 Å². The van der Waals surface area contributed by atoms with E-state index in [1.165, 1.54) is 25.3 Å². The summed E-state index contributed by atoms with van der Waals surface area (Å²) in [4.78, 5) is 12.1. The van der Waals surface area contributed by atoms with E-state index in [2.05, 4.69) is 5.32 Å². The summed E-state index contributed by atoms with van der Waals surface area (Å²) in [7, 11) is 1.31. The van der Waals surface area contributed by atoms with Crippen LogP contribution in [-0.4, -0.2) is 13.0 Å². The third kappa shape index (κ3) is 2.98. The maximum absolute atomic E-state index is 13.8. The molecule has 0 atom stereocenters. The standard InChI is InChI=1S/C15H10F2N2O2/c1-21-13-4-2-3-11(17)14(13)15(20)19-12-6-5-10(16)7-9(12)8-18/h2-7H,1H3,(H,19,20). The minimum absolute atomic E-state index is 0.0568. The van der Waals surface area contributed by atoms with Crippen molar-refractivity contribution in [3.05, 3.63) is 59.2 Å². The van der Waals surface area contributed by atoms with Crippen molar-refractivity contribution in [3.63, 3.8) is 0 Å². The molecule has 0 fully saturated rings. The number of ether oxygens (including phenoxy) is 1. The second kappa shape index (κ2) is 6.01. The van der Waals surface area contributed by atoms with E-state index in [1.807, 2.05) is 0 Å². The van der Waals surface area contributed by atoms with Crippen LogP contribution in [0, 0.1) is 23.0 Å². The summed E-state index contributed by atoms with van der Waals surface area (Å²) >= 11 is 0. The molecule has 0 saturated heterocycles. The molecule has 0 saturated carbocycles. The first-order valence-corrected chi connectivity index (χ1v) is 5.90. The molecule has 0 bridgehead atoms. The third-order valence-electron chi connectivity index (χ3n) is 2.77. The monoisotopic (exact) mass is 288 g/mol. The molecule has 0 aliphatic rings. The predicted octanol–water partition coefficient (Wildman–Crippen LogP) is 3.10.